The van der Waals surface area contributed by atoms with E-state index in [0.29, 0.717) is 12.3 Å². The van der Waals surface area contributed by atoms with Crippen molar-refractivity contribution in [1.29, 1.82) is 0 Å². The van der Waals surface area contributed by atoms with Crippen molar-refractivity contribution in [3.63, 3.8) is 0 Å². The minimum Gasteiger partial charge on any atom is -0.330 e. The van der Waals surface area contributed by atoms with E-state index >= 15 is 0 Å². The second-order valence-electron chi connectivity index (χ2n) is 3.81. The van der Waals surface area contributed by atoms with Gasteiger partial charge in [0.15, 0.2) is 21.5 Å². The van der Waals surface area contributed by atoms with Gasteiger partial charge >= 0.3 is 0 Å². The number of nitrogens with two attached hydrogens (primary N) is 1. The fourth-order valence-electron chi connectivity index (χ4n) is 1.42. The molecule has 17 heavy (non-hydrogen) atoms. The molecule has 96 valence electrons. The first-order valence-electron chi connectivity index (χ1n) is 4.77. The molecule has 1 atom stereocenters. The summed E-state index contributed by atoms with van der Waals surface area (Å²) in [6.45, 7) is 1.48. The summed E-state index contributed by atoms with van der Waals surface area (Å²) >= 11 is 0. The molecule has 1 aromatic rings. The summed E-state index contributed by atoms with van der Waals surface area (Å²) in [6.07, 6.45) is 0.611. The Kier molecular flexibility index (Phi) is 3.83. The van der Waals surface area contributed by atoms with Crippen molar-refractivity contribution < 1.29 is 21.6 Å². The van der Waals surface area contributed by atoms with Gasteiger partial charge in [0.2, 0.25) is 0 Å². The Morgan fingerprint density at radius 2 is 1.82 bits per heavy atom. The first-order chi connectivity index (χ1) is 7.70. The molecule has 0 heterocycles. The Bertz CT molecular complexity index is 543. The molecule has 0 aliphatic heterocycles. The lowest BCUT2D eigenvalue weighted by atomic mass is 10.0. The molecular weight excluding hydrogens is 255 g/mol. The summed E-state index contributed by atoms with van der Waals surface area (Å²) in [6, 6.07) is 0.673. The number of hydrogen-bond acceptors (Lipinski definition) is 3. The summed E-state index contributed by atoms with van der Waals surface area (Å²) in [5.41, 5.74) is 5.00. The molecule has 1 rings (SSSR count). The molecule has 0 radical (unpaired) electrons. The van der Waals surface area contributed by atoms with Gasteiger partial charge in [-0.3, -0.25) is 0 Å². The van der Waals surface area contributed by atoms with Crippen molar-refractivity contribution in [2.24, 2.45) is 5.73 Å². The molecule has 0 saturated heterocycles. The molecule has 0 aromatic heterocycles. The Labute approximate surface area is 97.4 Å². The molecule has 0 spiro atoms. The molecule has 0 fully saturated rings. The molecule has 3 nitrogen and oxygen atoms in total. The minimum atomic E-state index is -4.16. The number of benzene rings is 1. The highest BCUT2D eigenvalue weighted by atomic mass is 32.2. The third kappa shape index (κ3) is 2.61. The van der Waals surface area contributed by atoms with Gasteiger partial charge in [-0.2, -0.15) is 0 Å². The Morgan fingerprint density at radius 1 is 1.29 bits per heavy atom. The highest BCUT2D eigenvalue weighted by Gasteiger charge is 2.26. The number of halogens is 3. The van der Waals surface area contributed by atoms with E-state index in [1.54, 1.807) is 0 Å². The van der Waals surface area contributed by atoms with Crippen LogP contribution in [0.2, 0.25) is 0 Å². The van der Waals surface area contributed by atoms with E-state index in [-0.39, 0.29) is 12.1 Å². The standard InChI is InChI=1S/C10H12F3NO2S/c1-5(4-14)6-3-7(11)10(17(2,15)16)9(13)8(6)12/h3,5H,4,14H2,1-2H3. The fourth-order valence-corrected chi connectivity index (χ4v) is 2.25. The fraction of sp³-hybridized carbons (Fsp3) is 0.400. The average Bonchev–Trinajstić information content (AvgIpc) is 2.20. The van der Waals surface area contributed by atoms with Crippen LogP contribution in [0.3, 0.4) is 0 Å². The number of hydrogen-bond donors (Lipinski definition) is 1. The van der Waals surface area contributed by atoms with Gasteiger partial charge in [-0.1, -0.05) is 6.92 Å². The van der Waals surface area contributed by atoms with E-state index in [4.69, 9.17) is 5.73 Å². The maximum atomic E-state index is 13.5. The third-order valence-corrected chi connectivity index (χ3v) is 3.52. The van der Waals surface area contributed by atoms with E-state index in [0.717, 1.165) is 0 Å². The van der Waals surface area contributed by atoms with Crippen LogP contribution in [0.1, 0.15) is 18.4 Å². The Balaban J connectivity index is 3.59. The highest BCUT2D eigenvalue weighted by Crippen LogP contribution is 2.27. The van der Waals surface area contributed by atoms with Crippen LogP contribution in [0.5, 0.6) is 0 Å². The molecule has 0 amide bonds. The lowest BCUT2D eigenvalue weighted by molar-refractivity contribution is 0.446. The van der Waals surface area contributed by atoms with Gasteiger partial charge < -0.3 is 5.73 Å². The van der Waals surface area contributed by atoms with Crippen LogP contribution in [-0.2, 0) is 9.84 Å². The number of rotatable bonds is 3. The molecular formula is C10H12F3NO2S. The second kappa shape index (κ2) is 4.66. The van der Waals surface area contributed by atoms with Gasteiger partial charge in [-0.05, 0) is 24.1 Å². The smallest absolute Gasteiger partial charge is 0.181 e. The normalized spacial score (nSPS) is 13.8. The Hall–Kier alpha value is -1.08. The van der Waals surface area contributed by atoms with Crippen molar-refractivity contribution in [3.05, 3.63) is 29.1 Å². The van der Waals surface area contributed by atoms with Crippen LogP contribution in [0, 0.1) is 17.5 Å². The van der Waals surface area contributed by atoms with Crippen LogP contribution in [0.25, 0.3) is 0 Å². The van der Waals surface area contributed by atoms with Gasteiger partial charge in [0.25, 0.3) is 0 Å². The average molecular weight is 267 g/mol. The summed E-state index contributed by atoms with van der Waals surface area (Å²) in [5, 5.41) is 0. The predicted octanol–water partition coefficient (Wildman–Crippen LogP) is 1.57. The molecule has 0 bridgehead atoms. The summed E-state index contributed by atoms with van der Waals surface area (Å²) in [4.78, 5) is -1.25. The lowest BCUT2D eigenvalue weighted by Gasteiger charge is -2.13. The van der Waals surface area contributed by atoms with Crippen molar-refractivity contribution in [3.8, 4) is 0 Å². The first kappa shape index (κ1) is 14.0. The van der Waals surface area contributed by atoms with Gasteiger partial charge in [0, 0.05) is 6.26 Å². The Morgan fingerprint density at radius 3 is 2.24 bits per heavy atom. The van der Waals surface area contributed by atoms with Gasteiger partial charge in [0.1, 0.15) is 10.7 Å². The molecule has 1 unspecified atom stereocenters. The number of sulfone groups is 1. The van der Waals surface area contributed by atoms with E-state index < -0.39 is 38.1 Å². The predicted molar refractivity (Wildman–Crippen MR) is 56.9 cm³/mol. The zero-order chi connectivity index (χ0) is 13.4. The van der Waals surface area contributed by atoms with Crippen LogP contribution in [0.4, 0.5) is 13.2 Å². The molecule has 0 aliphatic carbocycles. The first-order valence-corrected chi connectivity index (χ1v) is 6.66. The van der Waals surface area contributed by atoms with Crippen molar-refractivity contribution >= 4 is 9.84 Å². The van der Waals surface area contributed by atoms with E-state index in [9.17, 15) is 21.6 Å². The maximum Gasteiger partial charge on any atom is 0.181 e. The molecule has 0 aliphatic rings. The van der Waals surface area contributed by atoms with Crippen molar-refractivity contribution in [2.45, 2.75) is 17.7 Å². The van der Waals surface area contributed by atoms with Crippen LogP contribution < -0.4 is 5.73 Å². The quantitative estimate of drug-likeness (QED) is 0.846. The monoisotopic (exact) mass is 267 g/mol. The van der Waals surface area contributed by atoms with Gasteiger partial charge in [-0.15, -0.1) is 0 Å². The SMILES string of the molecule is CC(CN)c1cc(F)c(S(C)(=O)=O)c(F)c1F. The summed E-state index contributed by atoms with van der Waals surface area (Å²) in [5.74, 6) is -4.97. The molecule has 0 saturated carbocycles. The second-order valence-corrected chi connectivity index (χ2v) is 5.77. The topological polar surface area (TPSA) is 60.2 Å². The van der Waals surface area contributed by atoms with Gasteiger partial charge in [-0.25, -0.2) is 21.6 Å². The zero-order valence-corrected chi connectivity index (χ0v) is 10.1. The lowest BCUT2D eigenvalue weighted by Crippen LogP contribution is -2.14. The highest BCUT2D eigenvalue weighted by molar-refractivity contribution is 7.90. The van der Waals surface area contributed by atoms with Crippen LogP contribution in [-0.4, -0.2) is 21.2 Å². The van der Waals surface area contributed by atoms with Crippen molar-refractivity contribution in [2.75, 3.05) is 12.8 Å². The van der Waals surface area contributed by atoms with Crippen molar-refractivity contribution in [1.82, 2.24) is 0 Å². The van der Waals surface area contributed by atoms with Crippen LogP contribution in [0.15, 0.2) is 11.0 Å². The zero-order valence-electron chi connectivity index (χ0n) is 9.30. The molecule has 2 N–H and O–H groups in total. The van der Waals surface area contributed by atoms with E-state index in [1.807, 2.05) is 0 Å². The summed E-state index contributed by atoms with van der Waals surface area (Å²) in [7, 11) is -4.16. The van der Waals surface area contributed by atoms with Crippen LogP contribution >= 0.6 is 0 Å². The largest absolute Gasteiger partial charge is 0.330 e. The molecule has 7 heteroatoms. The van der Waals surface area contributed by atoms with E-state index in [2.05, 4.69) is 0 Å². The minimum absolute atomic E-state index is 0.00593. The molecule has 1 aromatic carbocycles. The third-order valence-electron chi connectivity index (χ3n) is 2.40. The van der Waals surface area contributed by atoms with E-state index in [1.165, 1.54) is 6.92 Å². The van der Waals surface area contributed by atoms with Gasteiger partial charge in [0.05, 0.1) is 0 Å². The maximum absolute atomic E-state index is 13.5. The summed E-state index contributed by atoms with van der Waals surface area (Å²) < 4.78 is 62.7.